The minimum Gasteiger partial charge on any atom is -0.462 e. The number of nitro benzene ring substituents is 1. The third-order valence-corrected chi connectivity index (χ3v) is 3.33. The molecular formula is C17H16N4O4S. The predicted molar refractivity (Wildman–Crippen MR) is 102 cm³/mol. The lowest BCUT2D eigenvalue weighted by atomic mass is 10.2. The molecule has 2 rings (SSSR count). The Hall–Kier alpha value is -3.33. The van der Waals surface area contributed by atoms with E-state index < -0.39 is 4.92 Å². The molecule has 0 bridgehead atoms. The number of hydrazone groups is 1. The van der Waals surface area contributed by atoms with Crippen molar-refractivity contribution in [3.63, 3.8) is 0 Å². The van der Waals surface area contributed by atoms with Gasteiger partial charge in [-0.15, -0.1) is 0 Å². The Kier molecular flexibility index (Phi) is 6.75. The number of anilines is 1. The number of carbonyl (C=O) groups is 1. The lowest BCUT2D eigenvalue weighted by Gasteiger charge is -2.07. The molecule has 0 aliphatic rings. The smallest absolute Gasteiger partial charge is 0.338 e. The van der Waals surface area contributed by atoms with E-state index in [0.29, 0.717) is 23.4 Å². The lowest BCUT2D eigenvalue weighted by Crippen LogP contribution is -2.23. The minimum absolute atomic E-state index is 0.0126. The zero-order valence-electron chi connectivity index (χ0n) is 13.8. The maximum absolute atomic E-state index is 11.6. The van der Waals surface area contributed by atoms with Gasteiger partial charge in [-0.1, -0.05) is 0 Å². The maximum atomic E-state index is 11.6. The fourth-order valence-electron chi connectivity index (χ4n) is 1.91. The molecule has 0 fully saturated rings. The van der Waals surface area contributed by atoms with Gasteiger partial charge in [-0.05, 0) is 61.1 Å². The molecule has 2 aromatic carbocycles. The average molecular weight is 372 g/mol. The van der Waals surface area contributed by atoms with Gasteiger partial charge >= 0.3 is 5.97 Å². The van der Waals surface area contributed by atoms with Gasteiger partial charge < -0.3 is 10.1 Å². The Morgan fingerprint density at radius 3 is 2.46 bits per heavy atom. The highest BCUT2D eigenvalue weighted by Gasteiger charge is 2.06. The Balaban J connectivity index is 1.86. The van der Waals surface area contributed by atoms with Crippen LogP contribution in [-0.4, -0.2) is 28.8 Å². The number of non-ortho nitro benzene ring substituents is 1. The van der Waals surface area contributed by atoms with Gasteiger partial charge in [0.15, 0.2) is 5.11 Å². The van der Waals surface area contributed by atoms with E-state index in [2.05, 4.69) is 15.8 Å². The number of hydrogen-bond acceptors (Lipinski definition) is 6. The number of carbonyl (C=O) groups excluding carboxylic acids is 1. The van der Waals surface area contributed by atoms with E-state index in [1.165, 1.54) is 18.3 Å². The summed E-state index contributed by atoms with van der Waals surface area (Å²) in [4.78, 5) is 21.7. The maximum Gasteiger partial charge on any atom is 0.338 e. The number of benzene rings is 2. The number of hydrogen-bond donors (Lipinski definition) is 2. The fraction of sp³-hybridized carbons (Fsp3) is 0.118. The minimum atomic E-state index is -0.467. The van der Waals surface area contributed by atoms with Gasteiger partial charge in [-0.3, -0.25) is 15.5 Å². The van der Waals surface area contributed by atoms with Crippen molar-refractivity contribution in [1.82, 2.24) is 5.43 Å². The third-order valence-electron chi connectivity index (χ3n) is 3.14. The second-order valence-corrected chi connectivity index (χ2v) is 5.38. The second kappa shape index (κ2) is 9.23. The normalized spacial score (nSPS) is 10.3. The number of nitrogens with one attached hydrogen (secondary N) is 2. The Labute approximate surface area is 155 Å². The molecule has 0 atom stereocenters. The van der Waals surface area contributed by atoms with Crippen molar-refractivity contribution in [2.45, 2.75) is 6.92 Å². The second-order valence-electron chi connectivity index (χ2n) is 4.97. The van der Waals surface area contributed by atoms with Crippen LogP contribution in [0.5, 0.6) is 0 Å². The quantitative estimate of drug-likeness (QED) is 0.264. The number of esters is 1. The van der Waals surface area contributed by atoms with Crippen molar-refractivity contribution in [2.24, 2.45) is 5.10 Å². The van der Waals surface area contributed by atoms with Gasteiger partial charge in [0.25, 0.3) is 5.69 Å². The highest BCUT2D eigenvalue weighted by molar-refractivity contribution is 7.80. The van der Waals surface area contributed by atoms with Crippen molar-refractivity contribution in [2.75, 3.05) is 11.9 Å². The van der Waals surface area contributed by atoms with Gasteiger partial charge in [0, 0.05) is 17.8 Å². The third kappa shape index (κ3) is 5.64. The molecule has 0 aliphatic heterocycles. The summed E-state index contributed by atoms with van der Waals surface area (Å²) < 4.78 is 4.91. The monoisotopic (exact) mass is 372 g/mol. The number of rotatable bonds is 6. The van der Waals surface area contributed by atoms with Crippen molar-refractivity contribution < 1.29 is 14.5 Å². The van der Waals surface area contributed by atoms with Crippen molar-refractivity contribution >= 4 is 40.9 Å². The molecule has 134 valence electrons. The SMILES string of the molecule is CCOC(=O)c1ccc(NC(=S)N/N=C\c2ccc([N+](=O)[O-])cc2)cc1. The molecule has 0 aromatic heterocycles. The van der Waals surface area contributed by atoms with E-state index >= 15 is 0 Å². The summed E-state index contributed by atoms with van der Waals surface area (Å²) in [7, 11) is 0. The first-order valence-electron chi connectivity index (χ1n) is 7.61. The fourth-order valence-corrected chi connectivity index (χ4v) is 2.08. The van der Waals surface area contributed by atoms with Crippen LogP contribution in [0.25, 0.3) is 0 Å². The molecule has 2 aromatic rings. The van der Waals surface area contributed by atoms with Crippen LogP contribution in [0.2, 0.25) is 0 Å². The van der Waals surface area contributed by atoms with Crippen LogP contribution < -0.4 is 10.7 Å². The zero-order valence-corrected chi connectivity index (χ0v) is 14.7. The molecule has 0 aliphatic carbocycles. The summed E-state index contributed by atoms with van der Waals surface area (Å²) in [5, 5.41) is 17.7. The van der Waals surface area contributed by atoms with Gasteiger partial charge in [0.05, 0.1) is 23.3 Å². The van der Waals surface area contributed by atoms with Crippen LogP contribution in [0.15, 0.2) is 53.6 Å². The highest BCUT2D eigenvalue weighted by atomic mass is 32.1. The van der Waals surface area contributed by atoms with Gasteiger partial charge in [-0.25, -0.2) is 4.79 Å². The first kappa shape index (κ1) is 19.0. The molecule has 8 nitrogen and oxygen atoms in total. The van der Waals surface area contributed by atoms with Gasteiger partial charge in [-0.2, -0.15) is 5.10 Å². The van der Waals surface area contributed by atoms with Crippen LogP contribution in [0.3, 0.4) is 0 Å². The number of ether oxygens (including phenoxy) is 1. The molecular weight excluding hydrogens is 356 g/mol. The number of nitrogens with zero attached hydrogens (tertiary/aromatic N) is 2. The van der Waals surface area contributed by atoms with E-state index in [1.807, 2.05) is 0 Å². The lowest BCUT2D eigenvalue weighted by molar-refractivity contribution is -0.384. The number of nitro groups is 1. The van der Waals surface area contributed by atoms with Crippen LogP contribution in [0.4, 0.5) is 11.4 Å². The van der Waals surface area contributed by atoms with Crippen LogP contribution in [-0.2, 0) is 4.74 Å². The highest BCUT2D eigenvalue weighted by Crippen LogP contribution is 2.11. The summed E-state index contributed by atoms with van der Waals surface area (Å²) >= 11 is 5.12. The van der Waals surface area contributed by atoms with Gasteiger partial charge in [0.2, 0.25) is 0 Å². The Morgan fingerprint density at radius 2 is 1.88 bits per heavy atom. The standard InChI is InChI=1S/C17H16N4O4S/c1-2-25-16(22)13-5-7-14(8-6-13)19-17(26)20-18-11-12-3-9-15(10-4-12)21(23)24/h3-11H,2H2,1H3,(H2,19,20,26)/b18-11-. The molecule has 0 unspecified atom stereocenters. The zero-order chi connectivity index (χ0) is 18.9. The van der Waals surface area contributed by atoms with E-state index in [-0.39, 0.29) is 16.8 Å². The average Bonchev–Trinajstić information content (AvgIpc) is 2.63. The van der Waals surface area contributed by atoms with Crippen LogP contribution in [0, 0.1) is 10.1 Å². The molecule has 26 heavy (non-hydrogen) atoms. The largest absolute Gasteiger partial charge is 0.462 e. The molecule has 0 spiro atoms. The molecule has 0 amide bonds. The van der Waals surface area contributed by atoms with Gasteiger partial charge in [0.1, 0.15) is 0 Å². The summed E-state index contributed by atoms with van der Waals surface area (Å²) in [5.74, 6) is -0.382. The molecule has 0 radical (unpaired) electrons. The van der Waals surface area contributed by atoms with Crippen molar-refractivity contribution in [3.05, 3.63) is 69.8 Å². The molecule has 9 heteroatoms. The van der Waals surface area contributed by atoms with Crippen molar-refractivity contribution in [1.29, 1.82) is 0 Å². The van der Waals surface area contributed by atoms with Crippen molar-refractivity contribution in [3.8, 4) is 0 Å². The predicted octanol–water partition coefficient (Wildman–Crippen LogP) is 3.09. The number of thiocarbonyl (C=S) groups is 1. The molecule has 0 saturated carbocycles. The van der Waals surface area contributed by atoms with E-state index in [9.17, 15) is 14.9 Å². The summed E-state index contributed by atoms with van der Waals surface area (Å²) in [5.41, 5.74) is 4.47. The molecule has 0 saturated heterocycles. The van der Waals surface area contributed by atoms with E-state index in [1.54, 1.807) is 43.3 Å². The Morgan fingerprint density at radius 1 is 1.23 bits per heavy atom. The van der Waals surface area contributed by atoms with E-state index in [0.717, 1.165) is 0 Å². The summed E-state index contributed by atoms with van der Waals surface area (Å²) in [6.07, 6.45) is 1.49. The topological polar surface area (TPSA) is 106 Å². The first-order valence-corrected chi connectivity index (χ1v) is 8.02. The van der Waals surface area contributed by atoms with Crippen LogP contribution in [0.1, 0.15) is 22.8 Å². The Bertz CT molecular complexity index is 820. The van der Waals surface area contributed by atoms with E-state index in [4.69, 9.17) is 17.0 Å². The summed E-state index contributed by atoms with van der Waals surface area (Å²) in [6, 6.07) is 12.6. The molecule has 0 heterocycles. The summed E-state index contributed by atoms with van der Waals surface area (Å²) in [6.45, 7) is 2.06. The van der Waals surface area contributed by atoms with Crippen LogP contribution >= 0.6 is 12.2 Å². The first-order chi connectivity index (χ1) is 12.5. The molecule has 2 N–H and O–H groups in total.